The number of nitrogens with zero attached hydrogens (tertiary/aromatic N) is 3. The fraction of sp³-hybridized carbons (Fsp3) is 0.571. The van der Waals surface area contributed by atoms with Crippen LogP contribution in [0.1, 0.15) is 79.2 Å². The molecular formula is C28H39N3O4S. The number of carbonyl (C=O) groups is 1. The number of sulfonamides is 1. The van der Waals surface area contributed by atoms with Crippen molar-refractivity contribution in [3.8, 4) is 0 Å². The summed E-state index contributed by atoms with van der Waals surface area (Å²) in [6.45, 7) is 11.3. The van der Waals surface area contributed by atoms with Gasteiger partial charge in [-0.3, -0.25) is 4.79 Å². The maximum absolute atomic E-state index is 13.8. The number of rotatable bonds is 6. The van der Waals surface area contributed by atoms with Crippen LogP contribution in [-0.2, 0) is 14.8 Å². The topological polar surface area (TPSA) is 83.7 Å². The quantitative estimate of drug-likeness (QED) is 0.525. The summed E-state index contributed by atoms with van der Waals surface area (Å²) in [7, 11) is -3.87. The normalized spacial score (nSPS) is 21.9. The minimum absolute atomic E-state index is 0.0960. The molecule has 2 saturated heterocycles. The van der Waals surface area contributed by atoms with E-state index in [1.807, 2.05) is 24.8 Å². The fourth-order valence-electron chi connectivity index (χ4n) is 5.85. The first-order chi connectivity index (χ1) is 17.1. The zero-order valence-corrected chi connectivity index (χ0v) is 23.0. The number of hydrogen-bond acceptors (Lipinski definition) is 5. The van der Waals surface area contributed by atoms with Crippen molar-refractivity contribution in [3.05, 3.63) is 45.8 Å². The molecule has 0 aliphatic carbocycles. The van der Waals surface area contributed by atoms with E-state index in [0.717, 1.165) is 55.3 Å². The van der Waals surface area contributed by atoms with Crippen LogP contribution < -0.4 is 0 Å². The van der Waals surface area contributed by atoms with Crippen LogP contribution in [0.15, 0.2) is 21.6 Å². The van der Waals surface area contributed by atoms with Crippen molar-refractivity contribution in [3.63, 3.8) is 0 Å². The highest BCUT2D eigenvalue weighted by molar-refractivity contribution is 7.89. The molecule has 0 bridgehead atoms. The second-order valence-electron chi connectivity index (χ2n) is 10.4. The van der Waals surface area contributed by atoms with Crippen LogP contribution in [0.4, 0.5) is 0 Å². The maximum Gasteiger partial charge on any atom is 0.248 e. The molecule has 1 aromatic carbocycles. The summed E-state index contributed by atoms with van der Waals surface area (Å²) in [4.78, 5) is 15.5. The van der Waals surface area contributed by atoms with Gasteiger partial charge in [-0.05, 0) is 89.0 Å². The zero-order chi connectivity index (χ0) is 26.0. The van der Waals surface area contributed by atoms with Crippen LogP contribution in [0.25, 0.3) is 12.2 Å². The molecule has 3 heterocycles. The Bertz CT molecular complexity index is 1220. The van der Waals surface area contributed by atoms with Crippen molar-refractivity contribution in [1.82, 2.24) is 14.4 Å². The third kappa shape index (κ3) is 5.30. The van der Waals surface area contributed by atoms with Gasteiger partial charge in [-0.1, -0.05) is 35.9 Å². The van der Waals surface area contributed by atoms with Gasteiger partial charge >= 0.3 is 0 Å². The lowest BCUT2D eigenvalue weighted by Gasteiger charge is -2.40. The van der Waals surface area contributed by atoms with Crippen molar-refractivity contribution < 1.29 is 17.7 Å². The van der Waals surface area contributed by atoms with Gasteiger partial charge < -0.3 is 9.42 Å². The van der Waals surface area contributed by atoms with Crippen LogP contribution in [0.2, 0.25) is 0 Å². The standard InChI is InChI=1S/C28H39N3O4S/c1-6-24-11-7-8-15-31(24)28(32)23-10-9-14-30(18-23)36(33,34)27-22(5)29-35-26(27)13-12-25-20(3)16-19(2)17-21(25)4/h12-13,16-17,23-24H,6-11,14-15,18H2,1-5H3/b13-12+/t23-,24+/m0/s1. The number of piperidine rings is 2. The van der Waals surface area contributed by atoms with Gasteiger partial charge in [0.15, 0.2) is 10.7 Å². The summed E-state index contributed by atoms with van der Waals surface area (Å²) >= 11 is 0. The largest absolute Gasteiger partial charge is 0.355 e. The Kier molecular flexibility index (Phi) is 8.05. The average Bonchev–Trinajstić information content (AvgIpc) is 3.24. The number of aryl methyl sites for hydroxylation is 4. The van der Waals surface area contributed by atoms with Gasteiger partial charge in [0.1, 0.15) is 5.69 Å². The summed E-state index contributed by atoms with van der Waals surface area (Å²) < 4.78 is 34.6. The highest BCUT2D eigenvalue weighted by Gasteiger charge is 2.39. The Morgan fingerprint density at radius 2 is 1.78 bits per heavy atom. The van der Waals surface area contributed by atoms with Crippen molar-refractivity contribution >= 4 is 28.1 Å². The molecule has 0 N–H and O–H groups in total. The third-order valence-electron chi connectivity index (χ3n) is 7.69. The molecule has 0 unspecified atom stereocenters. The third-order valence-corrected chi connectivity index (χ3v) is 9.71. The van der Waals surface area contributed by atoms with Crippen LogP contribution in [0, 0.1) is 33.6 Å². The van der Waals surface area contributed by atoms with E-state index in [1.165, 1.54) is 9.87 Å². The molecule has 2 aliphatic heterocycles. The van der Waals surface area contributed by atoms with E-state index < -0.39 is 10.0 Å². The molecule has 0 saturated carbocycles. The number of amides is 1. The number of aromatic nitrogens is 1. The van der Waals surface area contributed by atoms with Gasteiger partial charge in [0, 0.05) is 25.7 Å². The predicted molar refractivity (Wildman–Crippen MR) is 142 cm³/mol. The summed E-state index contributed by atoms with van der Waals surface area (Å²) in [6.07, 6.45) is 9.13. The Morgan fingerprint density at radius 1 is 1.06 bits per heavy atom. The first-order valence-electron chi connectivity index (χ1n) is 13.2. The molecule has 1 aromatic heterocycles. The highest BCUT2D eigenvalue weighted by atomic mass is 32.2. The Labute approximate surface area is 215 Å². The van der Waals surface area contributed by atoms with Gasteiger partial charge in [-0.2, -0.15) is 4.31 Å². The van der Waals surface area contributed by atoms with E-state index in [-0.39, 0.29) is 35.1 Å². The van der Waals surface area contributed by atoms with Gasteiger partial charge in [0.05, 0.1) is 5.92 Å². The number of benzene rings is 1. The van der Waals surface area contributed by atoms with Crippen LogP contribution in [0.3, 0.4) is 0 Å². The van der Waals surface area contributed by atoms with E-state index in [2.05, 4.69) is 31.1 Å². The lowest BCUT2D eigenvalue weighted by molar-refractivity contribution is -0.140. The molecule has 196 valence electrons. The van der Waals surface area contributed by atoms with E-state index in [0.29, 0.717) is 18.7 Å². The molecule has 36 heavy (non-hydrogen) atoms. The molecule has 0 radical (unpaired) electrons. The lowest BCUT2D eigenvalue weighted by atomic mass is 9.93. The highest BCUT2D eigenvalue weighted by Crippen LogP contribution is 2.31. The minimum atomic E-state index is -3.87. The average molecular weight is 514 g/mol. The molecule has 2 atom stereocenters. The van der Waals surface area contributed by atoms with Crippen LogP contribution in [0.5, 0.6) is 0 Å². The molecular weight excluding hydrogens is 474 g/mol. The monoisotopic (exact) mass is 513 g/mol. The molecule has 8 heteroatoms. The summed E-state index contributed by atoms with van der Waals surface area (Å²) in [5.74, 6) is 0.0222. The van der Waals surface area contributed by atoms with Crippen molar-refractivity contribution in [2.45, 2.75) is 84.1 Å². The molecule has 2 aromatic rings. The lowest BCUT2D eigenvalue weighted by Crippen LogP contribution is -2.51. The first kappa shape index (κ1) is 26.6. The first-order valence-corrected chi connectivity index (χ1v) is 14.6. The Hall–Kier alpha value is -2.45. The fourth-order valence-corrected chi connectivity index (χ4v) is 7.63. The predicted octanol–water partition coefficient (Wildman–Crippen LogP) is 5.27. The summed E-state index contributed by atoms with van der Waals surface area (Å²) in [5, 5.41) is 3.99. The van der Waals surface area contributed by atoms with Gasteiger partial charge in [-0.15, -0.1) is 0 Å². The van der Waals surface area contributed by atoms with Gasteiger partial charge in [0.2, 0.25) is 15.9 Å². The van der Waals surface area contributed by atoms with Gasteiger partial charge in [0.25, 0.3) is 0 Å². The second kappa shape index (κ2) is 10.9. The molecule has 0 spiro atoms. The summed E-state index contributed by atoms with van der Waals surface area (Å²) in [6, 6.07) is 4.47. The van der Waals surface area contributed by atoms with E-state index in [9.17, 15) is 13.2 Å². The van der Waals surface area contributed by atoms with Crippen molar-refractivity contribution in [2.75, 3.05) is 19.6 Å². The number of carbonyl (C=O) groups excluding carboxylic acids is 1. The summed E-state index contributed by atoms with van der Waals surface area (Å²) in [5.41, 5.74) is 4.79. The number of likely N-dealkylation sites (tertiary alicyclic amines) is 1. The van der Waals surface area contributed by atoms with E-state index in [4.69, 9.17) is 4.52 Å². The van der Waals surface area contributed by atoms with Crippen molar-refractivity contribution in [1.29, 1.82) is 0 Å². The molecule has 1 amide bonds. The Balaban J connectivity index is 1.58. The van der Waals surface area contributed by atoms with E-state index in [1.54, 1.807) is 13.0 Å². The molecule has 2 aliphatic rings. The van der Waals surface area contributed by atoms with E-state index >= 15 is 0 Å². The van der Waals surface area contributed by atoms with Crippen LogP contribution in [-0.4, -0.2) is 54.4 Å². The Morgan fingerprint density at radius 3 is 2.47 bits per heavy atom. The second-order valence-corrected chi connectivity index (χ2v) is 12.3. The smallest absolute Gasteiger partial charge is 0.248 e. The molecule has 7 nitrogen and oxygen atoms in total. The SMILES string of the molecule is CC[C@@H]1CCCCN1C(=O)[C@H]1CCCN(S(=O)(=O)c2c(C)noc2/C=C/c2c(C)cc(C)cc2C)C1. The minimum Gasteiger partial charge on any atom is -0.355 e. The van der Waals surface area contributed by atoms with Gasteiger partial charge in [-0.25, -0.2) is 8.42 Å². The molecule has 4 rings (SSSR count). The zero-order valence-electron chi connectivity index (χ0n) is 22.2. The maximum atomic E-state index is 13.8. The number of hydrogen-bond donors (Lipinski definition) is 0. The van der Waals surface area contributed by atoms with Crippen LogP contribution >= 0.6 is 0 Å². The molecule has 2 fully saturated rings. The van der Waals surface area contributed by atoms with Crippen molar-refractivity contribution in [2.24, 2.45) is 5.92 Å².